The second-order valence-electron chi connectivity index (χ2n) is 3.70. The van der Waals surface area contributed by atoms with E-state index in [0.29, 0.717) is 29.4 Å². The summed E-state index contributed by atoms with van der Waals surface area (Å²) in [6.07, 6.45) is 0.397. The summed E-state index contributed by atoms with van der Waals surface area (Å²) in [7, 11) is 1.32. The fourth-order valence-electron chi connectivity index (χ4n) is 1.83. The third-order valence-corrected chi connectivity index (χ3v) is 2.96. The molecule has 0 aromatic heterocycles. The van der Waals surface area contributed by atoms with Gasteiger partial charge in [0, 0.05) is 17.0 Å². The van der Waals surface area contributed by atoms with E-state index in [9.17, 15) is 4.79 Å². The Kier molecular flexibility index (Phi) is 2.78. The summed E-state index contributed by atoms with van der Waals surface area (Å²) in [6.45, 7) is 0.374. The molecule has 1 aliphatic heterocycles. The van der Waals surface area contributed by atoms with E-state index in [0.717, 1.165) is 0 Å². The number of fused-ring (bicyclic) bond motifs is 1. The van der Waals surface area contributed by atoms with Gasteiger partial charge in [-0.05, 0) is 12.1 Å². The highest BCUT2D eigenvalue weighted by atomic mass is 35.5. The lowest BCUT2D eigenvalue weighted by atomic mass is 9.85. The Morgan fingerprint density at radius 1 is 1.62 bits per heavy atom. The smallest absolute Gasteiger partial charge is 0.330 e. The lowest BCUT2D eigenvalue weighted by Crippen LogP contribution is -2.49. The third kappa shape index (κ3) is 1.64. The molecule has 1 aromatic carbocycles. The van der Waals surface area contributed by atoms with Crippen molar-refractivity contribution >= 4 is 17.6 Å². The molecule has 2 rings (SSSR count). The molecule has 4 nitrogen and oxygen atoms in total. The van der Waals surface area contributed by atoms with E-state index < -0.39 is 11.5 Å². The molecule has 2 N–H and O–H groups in total. The van der Waals surface area contributed by atoms with Gasteiger partial charge >= 0.3 is 5.97 Å². The zero-order valence-electron chi connectivity index (χ0n) is 8.83. The third-order valence-electron chi connectivity index (χ3n) is 2.73. The molecular formula is C11H12ClNO3. The van der Waals surface area contributed by atoms with Gasteiger partial charge in [-0.2, -0.15) is 0 Å². The Bertz CT molecular complexity index is 435. The summed E-state index contributed by atoms with van der Waals surface area (Å²) in [5, 5.41) is 0.549. The highest BCUT2D eigenvalue weighted by Gasteiger charge is 2.42. The SMILES string of the molecule is COC(=O)C1(N)CCOc2cc(Cl)ccc21. The number of carbonyl (C=O) groups is 1. The van der Waals surface area contributed by atoms with Crippen LogP contribution >= 0.6 is 11.6 Å². The lowest BCUT2D eigenvalue weighted by Gasteiger charge is -2.32. The number of nitrogens with two attached hydrogens (primary N) is 1. The first kappa shape index (κ1) is 11.2. The van der Waals surface area contributed by atoms with E-state index in [4.69, 9.17) is 26.8 Å². The predicted molar refractivity (Wildman–Crippen MR) is 59.4 cm³/mol. The zero-order valence-corrected chi connectivity index (χ0v) is 9.58. The van der Waals surface area contributed by atoms with Crippen LogP contribution in [0.2, 0.25) is 5.02 Å². The van der Waals surface area contributed by atoms with Crippen LogP contribution in [0, 0.1) is 0 Å². The van der Waals surface area contributed by atoms with Crippen molar-refractivity contribution in [3.8, 4) is 5.75 Å². The molecule has 0 amide bonds. The van der Waals surface area contributed by atoms with E-state index in [1.54, 1.807) is 18.2 Å². The number of hydrogen-bond acceptors (Lipinski definition) is 4. The maximum absolute atomic E-state index is 11.7. The van der Waals surface area contributed by atoms with Crippen LogP contribution in [0.15, 0.2) is 18.2 Å². The molecule has 0 aliphatic carbocycles. The van der Waals surface area contributed by atoms with Crippen LogP contribution < -0.4 is 10.5 Å². The summed E-state index contributed by atoms with van der Waals surface area (Å²) >= 11 is 5.85. The van der Waals surface area contributed by atoms with Crippen LogP contribution in [-0.4, -0.2) is 19.7 Å². The second kappa shape index (κ2) is 3.96. The van der Waals surface area contributed by atoms with Crippen LogP contribution in [0.3, 0.4) is 0 Å². The van der Waals surface area contributed by atoms with Gasteiger partial charge in [0.25, 0.3) is 0 Å². The summed E-state index contributed by atoms with van der Waals surface area (Å²) < 4.78 is 10.1. The van der Waals surface area contributed by atoms with Crippen molar-refractivity contribution in [2.45, 2.75) is 12.0 Å². The van der Waals surface area contributed by atoms with E-state index in [2.05, 4.69) is 0 Å². The van der Waals surface area contributed by atoms with Gasteiger partial charge in [-0.15, -0.1) is 0 Å². The molecule has 0 fully saturated rings. The summed E-state index contributed by atoms with van der Waals surface area (Å²) in [5.41, 5.74) is 5.57. The van der Waals surface area contributed by atoms with Gasteiger partial charge in [0.05, 0.1) is 13.7 Å². The maximum atomic E-state index is 11.7. The van der Waals surface area contributed by atoms with E-state index in [1.165, 1.54) is 7.11 Å². The van der Waals surface area contributed by atoms with E-state index in [1.807, 2.05) is 0 Å². The number of ether oxygens (including phenoxy) is 2. The molecule has 16 heavy (non-hydrogen) atoms. The number of methoxy groups -OCH3 is 1. The molecule has 1 unspecified atom stereocenters. The maximum Gasteiger partial charge on any atom is 0.330 e. The van der Waals surface area contributed by atoms with Crippen molar-refractivity contribution in [2.75, 3.05) is 13.7 Å². The first-order valence-corrected chi connectivity index (χ1v) is 5.26. The number of rotatable bonds is 1. The number of benzene rings is 1. The molecule has 0 saturated carbocycles. The van der Waals surface area contributed by atoms with Crippen molar-refractivity contribution in [1.29, 1.82) is 0 Å². The highest BCUT2D eigenvalue weighted by molar-refractivity contribution is 6.30. The van der Waals surface area contributed by atoms with Crippen molar-refractivity contribution in [1.82, 2.24) is 0 Å². The lowest BCUT2D eigenvalue weighted by molar-refractivity contribution is -0.148. The van der Waals surface area contributed by atoms with Gasteiger partial charge in [-0.25, -0.2) is 4.79 Å². The minimum atomic E-state index is -1.13. The molecule has 1 atom stereocenters. The first-order chi connectivity index (χ1) is 7.58. The molecule has 0 spiro atoms. The molecule has 1 heterocycles. The molecule has 5 heteroatoms. The zero-order chi connectivity index (χ0) is 11.8. The van der Waals surface area contributed by atoms with E-state index >= 15 is 0 Å². The normalized spacial score (nSPS) is 23.2. The Labute approximate surface area is 98.3 Å². The Morgan fingerprint density at radius 2 is 2.38 bits per heavy atom. The minimum absolute atomic E-state index is 0.374. The molecular weight excluding hydrogens is 230 g/mol. The average Bonchev–Trinajstić information content (AvgIpc) is 2.27. The van der Waals surface area contributed by atoms with Gasteiger partial charge in [0.2, 0.25) is 0 Å². The number of esters is 1. The van der Waals surface area contributed by atoms with Gasteiger partial charge in [-0.1, -0.05) is 17.7 Å². The van der Waals surface area contributed by atoms with Gasteiger partial charge < -0.3 is 15.2 Å². The van der Waals surface area contributed by atoms with Crippen molar-refractivity contribution in [2.24, 2.45) is 5.73 Å². The topological polar surface area (TPSA) is 61.5 Å². The Balaban J connectivity index is 2.51. The largest absolute Gasteiger partial charge is 0.493 e. The van der Waals surface area contributed by atoms with Gasteiger partial charge in [0.1, 0.15) is 11.3 Å². The van der Waals surface area contributed by atoms with Crippen LogP contribution in [0.1, 0.15) is 12.0 Å². The molecule has 86 valence electrons. The molecule has 0 saturated heterocycles. The van der Waals surface area contributed by atoms with Gasteiger partial charge in [-0.3, -0.25) is 0 Å². The number of halogens is 1. The molecule has 1 aromatic rings. The van der Waals surface area contributed by atoms with Crippen LogP contribution in [0.4, 0.5) is 0 Å². The molecule has 0 radical (unpaired) electrons. The summed E-state index contributed by atoms with van der Waals surface area (Å²) in [6, 6.07) is 5.04. The number of carbonyl (C=O) groups excluding carboxylic acids is 1. The standard InChI is InChI=1S/C11H12ClNO3/c1-15-10(14)11(13)4-5-16-9-6-7(12)2-3-8(9)11/h2-3,6H,4-5,13H2,1H3. The summed E-state index contributed by atoms with van der Waals surface area (Å²) in [4.78, 5) is 11.7. The minimum Gasteiger partial charge on any atom is -0.493 e. The number of hydrogen-bond donors (Lipinski definition) is 1. The molecule has 0 bridgehead atoms. The second-order valence-corrected chi connectivity index (χ2v) is 4.14. The van der Waals surface area contributed by atoms with Crippen molar-refractivity contribution < 1.29 is 14.3 Å². The Morgan fingerprint density at radius 3 is 3.06 bits per heavy atom. The van der Waals surface area contributed by atoms with Crippen LogP contribution in [-0.2, 0) is 15.1 Å². The predicted octanol–water partition coefficient (Wildman–Crippen LogP) is 1.45. The van der Waals surface area contributed by atoms with Crippen LogP contribution in [0.5, 0.6) is 5.75 Å². The fraction of sp³-hybridized carbons (Fsp3) is 0.364. The Hall–Kier alpha value is -1.26. The first-order valence-electron chi connectivity index (χ1n) is 4.88. The van der Waals surface area contributed by atoms with Crippen molar-refractivity contribution in [3.63, 3.8) is 0 Å². The molecule has 1 aliphatic rings. The monoisotopic (exact) mass is 241 g/mol. The highest BCUT2D eigenvalue weighted by Crippen LogP contribution is 2.37. The summed E-state index contributed by atoms with van der Waals surface area (Å²) in [5.74, 6) is 0.0889. The fourth-order valence-corrected chi connectivity index (χ4v) is 2.00. The van der Waals surface area contributed by atoms with Crippen LogP contribution in [0.25, 0.3) is 0 Å². The van der Waals surface area contributed by atoms with Crippen molar-refractivity contribution in [3.05, 3.63) is 28.8 Å². The van der Waals surface area contributed by atoms with Gasteiger partial charge in [0.15, 0.2) is 0 Å². The average molecular weight is 242 g/mol. The van der Waals surface area contributed by atoms with E-state index in [-0.39, 0.29) is 0 Å². The quantitative estimate of drug-likeness (QED) is 0.756.